The van der Waals surface area contributed by atoms with Crippen LogP contribution in [0.4, 0.5) is 5.69 Å². The van der Waals surface area contributed by atoms with Crippen LogP contribution >= 0.6 is 0 Å². The fourth-order valence-corrected chi connectivity index (χ4v) is 3.07. The van der Waals surface area contributed by atoms with Crippen LogP contribution in [0.3, 0.4) is 0 Å². The van der Waals surface area contributed by atoms with Gasteiger partial charge in [0.2, 0.25) is 0 Å². The molecule has 6 nitrogen and oxygen atoms in total. The molecule has 1 atom stereocenters. The van der Waals surface area contributed by atoms with Crippen LogP contribution in [-0.2, 0) is 6.54 Å². The van der Waals surface area contributed by atoms with Crippen molar-refractivity contribution in [2.24, 2.45) is 5.92 Å². The smallest absolute Gasteiger partial charge is 0.263 e. The molecule has 2 N–H and O–H groups in total. The van der Waals surface area contributed by atoms with Gasteiger partial charge in [-0.2, -0.15) is 0 Å². The average Bonchev–Trinajstić information content (AvgIpc) is 2.59. The lowest BCUT2D eigenvalue weighted by Gasteiger charge is -2.23. The number of carbonyl (C=O) groups excluding carboxylic acids is 1. The molecule has 1 saturated heterocycles. The Balaban J connectivity index is 1.83. The van der Waals surface area contributed by atoms with Crippen LogP contribution in [0.1, 0.15) is 28.8 Å². The SMILES string of the molecule is Cc1ccn(CC2CCCNC2)c(=O)c1C(=O)Nc1cccnc1. The van der Waals surface area contributed by atoms with Crippen molar-refractivity contribution in [3.63, 3.8) is 0 Å². The van der Waals surface area contributed by atoms with Crippen molar-refractivity contribution in [2.75, 3.05) is 18.4 Å². The molecule has 24 heavy (non-hydrogen) atoms. The third-order valence-corrected chi connectivity index (χ3v) is 4.37. The fraction of sp³-hybridized carbons (Fsp3) is 0.389. The molecule has 0 spiro atoms. The number of pyridine rings is 2. The highest BCUT2D eigenvalue weighted by molar-refractivity contribution is 6.04. The minimum Gasteiger partial charge on any atom is -0.320 e. The molecule has 1 unspecified atom stereocenters. The van der Waals surface area contributed by atoms with E-state index in [9.17, 15) is 9.59 Å². The lowest BCUT2D eigenvalue weighted by Crippen LogP contribution is -2.36. The zero-order chi connectivity index (χ0) is 16.9. The molecule has 1 fully saturated rings. The maximum Gasteiger partial charge on any atom is 0.263 e. The minimum absolute atomic E-state index is 0.199. The van der Waals surface area contributed by atoms with Crippen molar-refractivity contribution in [3.8, 4) is 0 Å². The van der Waals surface area contributed by atoms with E-state index in [4.69, 9.17) is 0 Å². The van der Waals surface area contributed by atoms with Gasteiger partial charge in [-0.1, -0.05) is 0 Å². The Hall–Kier alpha value is -2.47. The summed E-state index contributed by atoms with van der Waals surface area (Å²) in [6.07, 6.45) is 7.20. The van der Waals surface area contributed by atoms with E-state index in [-0.39, 0.29) is 17.0 Å². The molecule has 2 aromatic rings. The van der Waals surface area contributed by atoms with Crippen molar-refractivity contribution in [2.45, 2.75) is 26.3 Å². The van der Waals surface area contributed by atoms with Crippen LogP contribution in [0.2, 0.25) is 0 Å². The monoisotopic (exact) mass is 326 g/mol. The summed E-state index contributed by atoms with van der Waals surface area (Å²) in [6.45, 7) is 4.38. The number of nitrogens with one attached hydrogen (secondary N) is 2. The highest BCUT2D eigenvalue weighted by Gasteiger charge is 2.19. The number of carbonyl (C=O) groups is 1. The molecule has 3 rings (SSSR count). The largest absolute Gasteiger partial charge is 0.320 e. The first-order valence-electron chi connectivity index (χ1n) is 8.27. The number of rotatable bonds is 4. The number of anilines is 1. The normalized spacial score (nSPS) is 17.5. The number of aryl methyl sites for hydroxylation is 1. The molecule has 126 valence electrons. The molecule has 0 aromatic carbocycles. The van der Waals surface area contributed by atoms with Gasteiger partial charge in [-0.15, -0.1) is 0 Å². The lowest BCUT2D eigenvalue weighted by molar-refractivity contribution is 0.102. The zero-order valence-corrected chi connectivity index (χ0v) is 13.8. The van der Waals surface area contributed by atoms with Gasteiger partial charge in [0.1, 0.15) is 5.56 Å². The Morgan fingerprint density at radius 1 is 1.46 bits per heavy atom. The zero-order valence-electron chi connectivity index (χ0n) is 13.8. The van der Waals surface area contributed by atoms with Gasteiger partial charge in [0, 0.05) is 18.9 Å². The second kappa shape index (κ2) is 7.40. The van der Waals surface area contributed by atoms with Gasteiger partial charge < -0.3 is 15.2 Å². The first-order valence-corrected chi connectivity index (χ1v) is 8.27. The van der Waals surface area contributed by atoms with E-state index in [1.807, 2.05) is 6.07 Å². The highest BCUT2D eigenvalue weighted by Crippen LogP contribution is 2.13. The van der Waals surface area contributed by atoms with E-state index in [2.05, 4.69) is 15.6 Å². The van der Waals surface area contributed by atoms with Gasteiger partial charge in [-0.3, -0.25) is 14.6 Å². The van der Waals surface area contributed by atoms with Crippen LogP contribution in [-0.4, -0.2) is 28.5 Å². The number of hydrogen-bond donors (Lipinski definition) is 2. The Kier molecular flexibility index (Phi) is 5.05. The van der Waals surface area contributed by atoms with Crippen LogP contribution < -0.4 is 16.2 Å². The quantitative estimate of drug-likeness (QED) is 0.898. The maximum absolute atomic E-state index is 12.8. The van der Waals surface area contributed by atoms with Crippen molar-refractivity contribution >= 4 is 11.6 Å². The Labute approximate surface area is 140 Å². The van der Waals surface area contributed by atoms with E-state index in [1.165, 1.54) is 0 Å². The molecule has 6 heteroatoms. The average molecular weight is 326 g/mol. The molecular weight excluding hydrogens is 304 g/mol. The third-order valence-electron chi connectivity index (χ3n) is 4.37. The molecule has 1 aliphatic heterocycles. The molecule has 0 saturated carbocycles. The van der Waals surface area contributed by atoms with E-state index in [1.54, 1.807) is 42.2 Å². The van der Waals surface area contributed by atoms with Gasteiger partial charge in [-0.25, -0.2) is 0 Å². The summed E-state index contributed by atoms with van der Waals surface area (Å²) < 4.78 is 1.66. The molecule has 2 aromatic heterocycles. The molecule has 3 heterocycles. The van der Waals surface area contributed by atoms with Crippen LogP contribution in [0, 0.1) is 12.8 Å². The lowest BCUT2D eigenvalue weighted by atomic mass is 9.99. The molecule has 0 bridgehead atoms. The number of amides is 1. The number of aromatic nitrogens is 2. The van der Waals surface area contributed by atoms with Crippen LogP contribution in [0.15, 0.2) is 41.6 Å². The second-order valence-electron chi connectivity index (χ2n) is 6.24. The number of hydrogen-bond acceptors (Lipinski definition) is 4. The van der Waals surface area contributed by atoms with Gasteiger partial charge >= 0.3 is 0 Å². The van der Waals surface area contributed by atoms with Crippen molar-refractivity contribution in [1.82, 2.24) is 14.9 Å². The molecular formula is C18H22N4O2. The van der Waals surface area contributed by atoms with Crippen LogP contribution in [0.25, 0.3) is 0 Å². The fourth-order valence-electron chi connectivity index (χ4n) is 3.07. The summed E-state index contributed by atoms with van der Waals surface area (Å²) in [5.74, 6) is 0.0370. The summed E-state index contributed by atoms with van der Waals surface area (Å²) in [6, 6.07) is 5.31. The van der Waals surface area contributed by atoms with Gasteiger partial charge in [0.05, 0.1) is 11.9 Å². The number of piperidine rings is 1. The summed E-state index contributed by atoms with van der Waals surface area (Å²) in [5, 5.41) is 6.10. The summed E-state index contributed by atoms with van der Waals surface area (Å²) in [4.78, 5) is 29.3. The third kappa shape index (κ3) is 3.71. The molecule has 1 aliphatic rings. The molecule has 0 aliphatic carbocycles. The van der Waals surface area contributed by atoms with E-state index < -0.39 is 0 Å². The maximum atomic E-state index is 12.8. The van der Waals surface area contributed by atoms with Crippen molar-refractivity contribution in [1.29, 1.82) is 0 Å². The minimum atomic E-state index is -0.387. The highest BCUT2D eigenvalue weighted by atomic mass is 16.2. The van der Waals surface area contributed by atoms with Crippen molar-refractivity contribution in [3.05, 3.63) is 58.3 Å². The Morgan fingerprint density at radius 3 is 3.04 bits per heavy atom. The summed E-state index contributed by atoms with van der Waals surface area (Å²) in [7, 11) is 0. The Bertz CT molecular complexity index is 764. The van der Waals surface area contributed by atoms with Gasteiger partial charge in [0.15, 0.2) is 0 Å². The number of nitrogens with zero attached hydrogens (tertiary/aromatic N) is 2. The predicted octanol–water partition coefficient (Wildman–Crippen LogP) is 1.80. The Morgan fingerprint density at radius 2 is 2.33 bits per heavy atom. The van der Waals surface area contributed by atoms with E-state index >= 15 is 0 Å². The van der Waals surface area contributed by atoms with E-state index in [0.717, 1.165) is 25.9 Å². The topological polar surface area (TPSA) is 76.0 Å². The first-order chi connectivity index (χ1) is 11.6. The van der Waals surface area contributed by atoms with Crippen LogP contribution in [0.5, 0.6) is 0 Å². The predicted molar refractivity (Wildman–Crippen MR) is 93.2 cm³/mol. The molecule has 1 amide bonds. The van der Waals surface area contributed by atoms with Gasteiger partial charge in [0.25, 0.3) is 11.5 Å². The standard InChI is InChI=1S/C18H22N4O2/c1-13-6-9-22(12-14-4-2-7-19-10-14)18(24)16(13)17(23)21-15-5-3-8-20-11-15/h3,5-6,8-9,11,14,19H,2,4,7,10,12H2,1H3,(H,21,23). The van der Waals surface area contributed by atoms with Crippen molar-refractivity contribution < 1.29 is 4.79 Å². The molecule has 0 radical (unpaired) electrons. The first kappa shape index (κ1) is 16.4. The summed E-state index contributed by atoms with van der Waals surface area (Å²) in [5.41, 5.74) is 1.22. The summed E-state index contributed by atoms with van der Waals surface area (Å²) >= 11 is 0. The van der Waals surface area contributed by atoms with E-state index in [0.29, 0.717) is 23.7 Å². The van der Waals surface area contributed by atoms with Gasteiger partial charge in [-0.05, 0) is 62.5 Å². The second-order valence-corrected chi connectivity index (χ2v) is 6.24.